The van der Waals surface area contributed by atoms with E-state index in [0.29, 0.717) is 12.3 Å². The molecule has 0 bridgehead atoms. The topological polar surface area (TPSA) is 69.6 Å². The summed E-state index contributed by atoms with van der Waals surface area (Å²) >= 11 is 0. The Morgan fingerprint density at radius 1 is 1.25 bits per heavy atom. The quantitative estimate of drug-likeness (QED) is 0.699. The number of amides is 1. The molecule has 5 heteroatoms. The van der Waals surface area contributed by atoms with Gasteiger partial charge in [-0.25, -0.2) is 0 Å². The highest BCUT2D eigenvalue weighted by Crippen LogP contribution is 2.09. The van der Waals surface area contributed by atoms with E-state index in [9.17, 15) is 9.59 Å². The minimum Gasteiger partial charge on any atom is -0.480 e. The van der Waals surface area contributed by atoms with Crippen molar-refractivity contribution in [2.75, 3.05) is 14.1 Å². The maximum atomic E-state index is 11.8. The molecule has 2 unspecified atom stereocenters. The molecule has 0 aliphatic heterocycles. The predicted octanol–water partition coefficient (Wildman–Crippen LogP) is 0.552. The van der Waals surface area contributed by atoms with Crippen molar-refractivity contribution in [1.82, 2.24) is 10.2 Å². The van der Waals surface area contributed by atoms with Gasteiger partial charge in [-0.2, -0.15) is 0 Å². The highest BCUT2D eigenvalue weighted by atomic mass is 16.4. The van der Waals surface area contributed by atoms with Crippen LogP contribution in [0.5, 0.6) is 0 Å². The van der Waals surface area contributed by atoms with E-state index in [4.69, 9.17) is 5.11 Å². The monoisotopic (exact) mass is 230 g/mol. The van der Waals surface area contributed by atoms with Crippen LogP contribution >= 0.6 is 0 Å². The lowest BCUT2D eigenvalue weighted by Crippen LogP contribution is -2.49. The minimum absolute atomic E-state index is 0.228. The third-order valence-corrected chi connectivity index (χ3v) is 2.35. The molecule has 5 nitrogen and oxygen atoms in total. The summed E-state index contributed by atoms with van der Waals surface area (Å²) in [6.07, 6.45) is 0.713. The molecule has 0 fully saturated rings. The van der Waals surface area contributed by atoms with Crippen molar-refractivity contribution in [2.45, 2.75) is 39.3 Å². The maximum absolute atomic E-state index is 11.8. The number of nitrogens with one attached hydrogen (secondary N) is 1. The average Bonchev–Trinajstić information content (AvgIpc) is 2.12. The SMILES string of the molecule is CC(C)CC(C(=O)NC(C)C(=O)O)N(C)C. The molecule has 2 atom stereocenters. The van der Waals surface area contributed by atoms with Gasteiger partial charge in [0.2, 0.25) is 5.91 Å². The van der Waals surface area contributed by atoms with Crippen molar-refractivity contribution < 1.29 is 14.7 Å². The van der Waals surface area contributed by atoms with Crippen molar-refractivity contribution in [3.05, 3.63) is 0 Å². The van der Waals surface area contributed by atoms with Gasteiger partial charge in [-0.1, -0.05) is 13.8 Å². The van der Waals surface area contributed by atoms with Gasteiger partial charge in [0.05, 0.1) is 6.04 Å². The molecule has 0 aromatic heterocycles. The summed E-state index contributed by atoms with van der Waals surface area (Å²) in [6, 6.07) is -1.12. The first kappa shape index (κ1) is 14.9. The summed E-state index contributed by atoms with van der Waals surface area (Å²) in [4.78, 5) is 24.2. The molecule has 0 radical (unpaired) electrons. The van der Waals surface area contributed by atoms with E-state index >= 15 is 0 Å². The Balaban J connectivity index is 4.44. The first-order valence-corrected chi connectivity index (χ1v) is 5.45. The number of hydrogen-bond acceptors (Lipinski definition) is 3. The van der Waals surface area contributed by atoms with E-state index in [1.165, 1.54) is 6.92 Å². The molecular formula is C11H22N2O3. The minimum atomic E-state index is -1.02. The summed E-state index contributed by atoms with van der Waals surface area (Å²) < 4.78 is 0. The van der Waals surface area contributed by atoms with Gasteiger partial charge in [0.25, 0.3) is 0 Å². The fourth-order valence-electron chi connectivity index (χ4n) is 1.37. The molecule has 16 heavy (non-hydrogen) atoms. The number of aliphatic carboxylic acids is 1. The van der Waals surface area contributed by atoms with Crippen LogP contribution in [0.3, 0.4) is 0 Å². The molecule has 0 aliphatic carbocycles. The second-order valence-electron chi connectivity index (χ2n) is 4.68. The van der Waals surface area contributed by atoms with Gasteiger partial charge in [-0.3, -0.25) is 14.5 Å². The Morgan fingerprint density at radius 2 is 1.75 bits per heavy atom. The Kier molecular flexibility index (Phi) is 6.03. The second kappa shape index (κ2) is 6.48. The van der Waals surface area contributed by atoms with Crippen LogP contribution in [-0.2, 0) is 9.59 Å². The molecule has 0 aromatic rings. The van der Waals surface area contributed by atoms with Crippen molar-refractivity contribution in [2.24, 2.45) is 5.92 Å². The van der Waals surface area contributed by atoms with Crippen LogP contribution in [0.4, 0.5) is 0 Å². The molecular weight excluding hydrogens is 208 g/mol. The molecule has 2 N–H and O–H groups in total. The van der Waals surface area contributed by atoms with Crippen molar-refractivity contribution in [3.8, 4) is 0 Å². The zero-order chi connectivity index (χ0) is 12.9. The van der Waals surface area contributed by atoms with Crippen molar-refractivity contribution in [3.63, 3.8) is 0 Å². The van der Waals surface area contributed by atoms with Crippen molar-refractivity contribution >= 4 is 11.9 Å². The largest absolute Gasteiger partial charge is 0.480 e. The Hall–Kier alpha value is -1.10. The molecule has 0 spiro atoms. The normalized spacial score (nSPS) is 14.9. The number of carbonyl (C=O) groups excluding carboxylic acids is 1. The fraction of sp³-hybridized carbons (Fsp3) is 0.818. The number of rotatable bonds is 6. The lowest BCUT2D eigenvalue weighted by atomic mass is 10.0. The highest BCUT2D eigenvalue weighted by Gasteiger charge is 2.24. The Morgan fingerprint density at radius 3 is 2.06 bits per heavy atom. The first-order chi connectivity index (χ1) is 7.25. The molecule has 0 saturated carbocycles. The average molecular weight is 230 g/mol. The second-order valence-corrected chi connectivity index (χ2v) is 4.68. The molecule has 0 saturated heterocycles. The zero-order valence-corrected chi connectivity index (χ0v) is 10.7. The standard InChI is InChI=1S/C11H22N2O3/c1-7(2)6-9(13(4)5)10(14)12-8(3)11(15)16/h7-9H,6H2,1-5H3,(H,12,14)(H,15,16). The highest BCUT2D eigenvalue weighted by molar-refractivity contribution is 5.86. The van der Waals surface area contributed by atoms with Crippen LogP contribution in [0.1, 0.15) is 27.2 Å². The van der Waals surface area contributed by atoms with Gasteiger partial charge in [0, 0.05) is 0 Å². The number of nitrogens with zero attached hydrogens (tertiary/aromatic N) is 1. The molecule has 0 rings (SSSR count). The summed E-state index contributed by atoms with van der Waals surface area (Å²) in [5, 5.41) is 11.2. The summed E-state index contributed by atoms with van der Waals surface area (Å²) in [5.74, 6) is -0.859. The van der Waals surface area contributed by atoms with Crippen LogP contribution in [0.2, 0.25) is 0 Å². The molecule has 1 amide bonds. The lowest BCUT2D eigenvalue weighted by molar-refractivity contribution is -0.142. The van der Waals surface area contributed by atoms with Crippen LogP contribution < -0.4 is 5.32 Å². The number of carboxylic acid groups (broad SMARTS) is 1. The van der Waals surface area contributed by atoms with Gasteiger partial charge >= 0.3 is 5.97 Å². The van der Waals surface area contributed by atoms with Gasteiger partial charge in [0.1, 0.15) is 6.04 Å². The summed E-state index contributed by atoms with van der Waals surface area (Å²) in [5.41, 5.74) is 0. The fourth-order valence-corrected chi connectivity index (χ4v) is 1.37. The summed E-state index contributed by atoms with van der Waals surface area (Å²) in [7, 11) is 3.64. The van der Waals surface area contributed by atoms with Crippen LogP contribution in [0.15, 0.2) is 0 Å². The Bertz CT molecular complexity index is 252. The molecule has 94 valence electrons. The Labute approximate surface area is 96.8 Å². The van der Waals surface area contributed by atoms with Crippen LogP contribution in [0.25, 0.3) is 0 Å². The van der Waals surface area contributed by atoms with Gasteiger partial charge in [-0.05, 0) is 33.4 Å². The number of hydrogen-bond donors (Lipinski definition) is 2. The van der Waals surface area contributed by atoms with E-state index in [0.717, 1.165) is 0 Å². The third kappa shape index (κ3) is 5.11. The van der Waals surface area contributed by atoms with Crippen LogP contribution in [0, 0.1) is 5.92 Å². The number of likely N-dealkylation sites (N-methyl/N-ethyl adjacent to an activating group) is 1. The van der Waals surface area contributed by atoms with E-state index in [1.807, 2.05) is 32.8 Å². The predicted molar refractivity (Wildman–Crippen MR) is 62.2 cm³/mol. The van der Waals surface area contributed by atoms with E-state index in [-0.39, 0.29) is 11.9 Å². The third-order valence-electron chi connectivity index (χ3n) is 2.35. The van der Waals surface area contributed by atoms with Gasteiger partial charge in [-0.15, -0.1) is 0 Å². The van der Waals surface area contributed by atoms with Gasteiger partial charge in [0.15, 0.2) is 0 Å². The number of carbonyl (C=O) groups is 2. The summed E-state index contributed by atoms with van der Waals surface area (Å²) in [6.45, 7) is 5.52. The molecule has 0 heterocycles. The molecule has 0 aliphatic rings. The zero-order valence-electron chi connectivity index (χ0n) is 10.7. The van der Waals surface area contributed by atoms with E-state index in [1.54, 1.807) is 0 Å². The first-order valence-electron chi connectivity index (χ1n) is 5.45. The van der Waals surface area contributed by atoms with Crippen molar-refractivity contribution in [1.29, 1.82) is 0 Å². The smallest absolute Gasteiger partial charge is 0.325 e. The van der Waals surface area contributed by atoms with E-state index < -0.39 is 12.0 Å². The maximum Gasteiger partial charge on any atom is 0.325 e. The lowest BCUT2D eigenvalue weighted by Gasteiger charge is -2.25. The van der Waals surface area contributed by atoms with Crippen LogP contribution in [-0.4, -0.2) is 48.1 Å². The number of carboxylic acids is 1. The van der Waals surface area contributed by atoms with E-state index in [2.05, 4.69) is 5.32 Å². The van der Waals surface area contributed by atoms with Gasteiger partial charge < -0.3 is 10.4 Å². The molecule has 0 aromatic carbocycles.